The number of likely N-dealkylation sites (tertiary alicyclic amines) is 1. The highest BCUT2D eigenvalue weighted by Crippen LogP contribution is 2.28. The Labute approximate surface area is 194 Å². The molecule has 4 rings (SSSR count). The second-order valence-corrected chi connectivity index (χ2v) is 11.0. The monoisotopic (exact) mass is 476 g/mol. The molecule has 0 atom stereocenters. The Bertz CT molecular complexity index is 1060. The number of aryl methyl sites for hydroxylation is 1. The first-order valence-corrected chi connectivity index (χ1v) is 13.1. The van der Waals surface area contributed by atoms with Crippen molar-refractivity contribution in [3.8, 4) is 0 Å². The van der Waals surface area contributed by atoms with Gasteiger partial charge in [-0.25, -0.2) is 17.2 Å². The largest absolute Gasteiger partial charge is 0.342 e. The van der Waals surface area contributed by atoms with Crippen LogP contribution in [0.5, 0.6) is 0 Å². The van der Waals surface area contributed by atoms with Gasteiger partial charge in [0, 0.05) is 32.1 Å². The number of benzene rings is 2. The first-order chi connectivity index (χ1) is 15.8. The molecular formula is C25H30F2N2O3S. The van der Waals surface area contributed by atoms with Gasteiger partial charge >= 0.3 is 0 Å². The highest BCUT2D eigenvalue weighted by Gasteiger charge is 2.35. The summed E-state index contributed by atoms with van der Waals surface area (Å²) in [5.41, 5.74) is 1.35. The van der Waals surface area contributed by atoms with Crippen LogP contribution in [0.4, 0.5) is 8.78 Å². The van der Waals surface area contributed by atoms with Gasteiger partial charge in [-0.2, -0.15) is 4.31 Å². The first kappa shape index (κ1) is 23.8. The van der Waals surface area contributed by atoms with Crippen LogP contribution in [0.1, 0.15) is 37.7 Å². The van der Waals surface area contributed by atoms with Crippen molar-refractivity contribution in [3.05, 3.63) is 65.7 Å². The van der Waals surface area contributed by atoms with Gasteiger partial charge in [-0.1, -0.05) is 30.3 Å². The molecule has 0 aliphatic carbocycles. The van der Waals surface area contributed by atoms with Crippen molar-refractivity contribution in [1.82, 2.24) is 9.21 Å². The average molecular weight is 477 g/mol. The van der Waals surface area contributed by atoms with E-state index >= 15 is 0 Å². The summed E-state index contributed by atoms with van der Waals surface area (Å²) in [6.45, 7) is 1.91. The molecule has 2 aromatic rings. The van der Waals surface area contributed by atoms with Gasteiger partial charge in [-0.05, 0) is 68.2 Å². The molecule has 2 saturated heterocycles. The predicted molar refractivity (Wildman–Crippen MR) is 122 cm³/mol. The molecular weight excluding hydrogens is 446 g/mol. The van der Waals surface area contributed by atoms with Crippen LogP contribution in [0.15, 0.2) is 53.4 Å². The molecule has 8 heteroatoms. The molecule has 0 spiro atoms. The molecule has 0 N–H and O–H groups in total. The minimum atomic E-state index is -3.91. The van der Waals surface area contributed by atoms with E-state index in [9.17, 15) is 22.0 Å². The van der Waals surface area contributed by atoms with Gasteiger partial charge in [0.1, 0.15) is 0 Å². The van der Waals surface area contributed by atoms with E-state index < -0.39 is 21.7 Å². The summed E-state index contributed by atoms with van der Waals surface area (Å²) in [6, 6.07) is 13.1. The molecule has 0 radical (unpaired) electrons. The summed E-state index contributed by atoms with van der Waals surface area (Å²) in [5.74, 6) is -1.73. The average Bonchev–Trinajstić information content (AvgIpc) is 2.85. The van der Waals surface area contributed by atoms with E-state index in [1.165, 1.54) is 9.87 Å². The summed E-state index contributed by atoms with van der Waals surface area (Å²) in [6.07, 6.45) is 5.08. The van der Waals surface area contributed by atoms with E-state index in [0.29, 0.717) is 24.8 Å². The Hall–Kier alpha value is -2.32. The van der Waals surface area contributed by atoms with Crippen LogP contribution in [0.3, 0.4) is 0 Å². The minimum absolute atomic E-state index is 0.112. The first-order valence-electron chi connectivity index (χ1n) is 11.6. The van der Waals surface area contributed by atoms with Crippen LogP contribution in [0, 0.1) is 23.5 Å². The summed E-state index contributed by atoms with van der Waals surface area (Å²) in [4.78, 5) is 14.7. The third-order valence-electron chi connectivity index (χ3n) is 6.94. The number of hydrogen-bond acceptors (Lipinski definition) is 3. The Morgan fingerprint density at radius 1 is 0.879 bits per heavy atom. The minimum Gasteiger partial charge on any atom is -0.342 e. The van der Waals surface area contributed by atoms with E-state index in [4.69, 9.17) is 0 Å². The standard InChI is InChI=1S/C25H30F2N2O3S/c26-23-9-8-22(18-24(23)27)33(31,32)29-16-12-21(13-17-29)25(30)28-14-10-20(11-15-28)7-6-19-4-2-1-3-5-19/h1-5,8-9,18,20-21H,6-7,10-17H2. The number of carbonyl (C=O) groups is 1. The van der Waals surface area contributed by atoms with Crippen molar-refractivity contribution in [1.29, 1.82) is 0 Å². The van der Waals surface area contributed by atoms with E-state index in [0.717, 1.165) is 50.9 Å². The Morgan fingerprint density at radius 3 is 2.18 bits per heavy atom. The Balaban J connectivity index is 1.25. The summed E-state index contributed by atoms with van der Waals surface area (Å²) < 4.78 is 53.5. The SMILES string of the molecule is O=C(C1CCN(S(=O)(=O)c2ccc(F)c(F)c2)CC1)N1CCC(CCc2ccccc2)CC1. The molecule has 33 heavy (non-hydrogen) atoms. The van der Waals surface area contributed by atoms with Gasteiger partial charge in [0.25, 0.3) is 0 Å². The highest BCUT2D eigenvalue weighted by molar-refractivity contribution is 7.89. The Morgan fingerprint density at radius 2 is 1.55 bits per heavy atom. The number of rotatable bonds is 6. The number of amides is 1. The number of sulfonamides is 1. The zero-order valence-electron chi connectivity index (χ0n) is 18.6. The number of hydrogen-bond donors (Lipinski definition) is 0. The third kappa shape index (κ3) is 5.61. The van der Waals surface area contributed by atoms with E-state index in [1.54, 1.807) is 0 Å². The lowest BCUT2D eigenvalue weighted by molar-refractivity contribution is -0.138. The number of carbonyl (C=O) groups excluding carboxylic acids is 1. The molecule has 0 unspecified atom stereocenters. The van der Waals surface area contributed by atoms with Gasteiger partial charge < -0.3 is 4.90 Å². The maximum atomic E-state index is 13.5. The fraction of sp³-hybridized carbons (Fsp3) is 0.480. The molecule has 2 aliphatic rings. The molecule has 0 saturated carbocycles. The molecule has 2 heterocycles. The maximum Gasteiger partial charge on any atom is 0.243 e. The van der Waals surface area contributed by atoms with Crippen molar-refractivity contribution in [2.24, 2.45) is 11.8 Å². The van der Waals surface area contributed by atoms with Gasteiger partial charge in [0.05, 0.1) is 4.90 Å². The maximum absolute atomic E-state index is 13.5. The van der Waals surface area contributed by atoms with E-state index in [1.807, 2.05) is 11.0 Å². The number of nitrogens with zero attached hydrogens (tertiary/aromatic N) is 2. The fourth-order valence-corrected chi connectivity index (χ4v) is 6.33. The lowest BCUT2D eigenvalue weighted by Gasteiger charge is -2.37. The zero-order chi connectivity index (χ0) is 23.4. The zero-order valence-corrected chi connectivity index (χ0v) is 19.4. The van der Waals surface area contributed by atoms with Crippen LogP contribution in [0.2, 0.25) is 0 Å². The molecule has 2 aliphatic heterocycles. The highest BCUT2D eigenvalue weighted by atomic mass is 32.2. The van der Waals surface area contributed by atoms with Crippen molar-refractivity contribution in [2.75, 3.05) is 26.2 Å². The van der Waals surface area contributed by atoms with Gasteiger partial charge in [-0.3, -0.25) is 4.79 Å². The molecule has 5 nitrogen and oxygen atoms in total. The van der Waals surface area contributed by atoms with Crippen molar-refractivity contribution in [2.45, 2.75) is 43.4 Å². The second kappa shape index (κ2) is 10.3. The Kier molecular flexibility index (Phi) is 7.44. The normalized spacial score (nSPS) is 19.0. The lowest BCUT2D eigenvalue weighted by Crippen LogP contribution is -2.46. The van der Waals surface area contributed by atoms with Crippen molar-refractivity contribution < 1.29 is 22.0 Å². The van der Waals surface area contributed by atoms with Crippen LogP contribution in [-0.4, -0.2) is 49.7 Å². The van der Waals surface area contributed by atoms with Crippen LogP contribution in [-0.2, 0) is 21.2 Å². The van der Waals surface area contributed by atoms with Crippen molar-refractivity contribution in [3.63, 3.8) is 0 Å². The third-order valence-corrected chi connectivity index (χ3v) is 8.84. The molecule has 1 amide bonds. The van der Waals surface area contributed by atoms with Crippen molar-refractivity contribution >= 4 is 15.9 Å². The summed E-state index contributed by atoms with van der Waals surface area (Å²) in [5, 5.41) is 0. The topological polar surface area (TPSA) is 57.7 Å². The smallest absolute Gasteiger partial charge is 0.243 e. The van der Waals surface area contributed by atoms with Gasteiger partial charge in [0.2, 0.25) is 15.9 Å². The molecule has 0 aromatic heterocycles. The summed E-state index contributed by atoms with van der Waals surface area (Å²) in [7, 11) is -3.91. The van der Waals surface area contributed by atoms with E-state index in [2.05, 4.69) is 24.3 Å². The molecule has 2 aromatic carbocycles. The molecule has 178 valence electrons. The summed E-state index contributed by atoms with van der Waals surface area (Å²) >= 11 is 0. The second-order valence-electron chi connectivity index (χ2n) is 9.05. The lowest BCUT2D eigenvalue weighted by atomic mass is 9.89. The fourth-order valence-electron chi connectivity index (χ4n) is 4.85. The van der Waals surface area contributed by atoms with Crippen LogP contribution >= 0.6 is 0 Å². The number of halogens is 2. The van der Waals surface area contributed by atoms with Crippen LogP contribution in [0.25, 0.3) is 0 Å². The predicted octanol–water partition coefficient (Wildman–Crippen LogP) is 4.24. The van der Waals surface area contributed by atoms with Gasteiger partial charge in [-0.15, -0.1) is 0 Å². The van der Waals surface area contributed by atoms with Gasteiger partial charge in [0.15, 0.2) is 11.6 Å². The molecule has 0 bridgehead atoms. The van der Waals surface area contributed by atoms with E-state index in [-0.39, 0.29) is 29.8 Å². The number of piperidine rings is 2. The van der Waals surface area contributed by atoms with Crippen LogP contribution < -0.4 is 0 Å². The quantitative estimate of drug-likeness (QED) is 0.627. The molecule has 2 fully saturated rings.